The highest BCUT2D eigenvalue weighted by molar-refractivity contribution is 6.33. The number of esters is 1. The summed E-state index contributed by atoms with van der Waals surface area (Å²) in [6.07, 6.45) is 2.11. The van der Waals surface area contributed by atoms with E-state index in [1.54, 1.807) is 6.92 Å². The van der Waals surface area contributed by atoms with Gasteiger partial charge in [-0.3, -0.25) is 4.98 Å². The van der Waals surface area contributed by atoms with E-state index in [1.165, 1.54) is 6.20 Å². The number of rotatable bonds is 2. The lowest BCUT2D eigenvalue weighted by Gasteiger charge is -2.02. The van der Waals surface area contributed by atoms with E-state index in [1.807, 2.05) is 0 Å². The normalized spacial score (nSPS) is 9.77. The van der Waals surface area contributed by atoms with E-state index in [0.29, 0.717) is 0 Å². The van der Waals surface area contributed by atoms with Crippen LogP contribution in [0.15, 0.2) is 12.4 Å². The van der Waals surface area contributed by atoms with Crippen LogP contribution in [0.25, 0.3) is 0 Å². The number of carbonyl (C=O) groups excluding carboxylic acids is 1. The van der Waals surface area contributed by atoms with Crippen LogP contribution in [0.2, 0.25) is 5.02 Å². The first kappa shape index (κ1) is 9.92. The highest BCUT2D eigenvalue weighted by atomic mass is 35.5. The van der Waals surface area contributed by atoms with Crippen molar-refractivity contribution in [3.63, 3.8) is 0 Å². The van der Waals surface area contributed by atoms with Gasteiger partial charge in [-0.15, -0.1) is 0 Å². The largest absolute Gasteiger partial charge is 0.462 e. The minimum atomic E-state index is -0.729. The quantitative estimate of drug-likeness (QED) is 0.691. The summed E-state index contributed by atoms with van der Waals surface area (Å²) in [5.41, 5.74) is -0.0523. The molecule has 0 radical (unpaired) electrons. The molecule has 1 heterocycles. The Bertz CT molecular complexity index is 330. The Hall–Kier alpha value is -1.16. The summed E-state index contributed by atoms with van der Waals surface area (Å²) in [6, 6.07) is 0. The van der Waals surface area contributed by atoms with Gasteiger partial charge in [-0.05, 0) is 6.92 Å². The second kappa shape index (κ2) is 4.18. The summed E-state index contributed by atoms with van der Waals surface area (Å²) in [7, 11) is 0. The van der Waals surface area contributed by atoms with Gasteiger partial charge in [0.1, 0.15) is 0 Å². The molecule has 1 aromatic rings. The summed E-state index contributed by atoms with van der Waals surface area (Å²) in [5, 5.41) is -0.256. The van der Waals surface area contributed by atoms with Crippen molar-refractivity contribution in [2.45, 2.75) is 6.92 Å². The van der Waals surface area contributed by atoms with Gasteiger partial charge in [0.05, 0.1) is 23.4 Å². The maximum absolute atomic E-state index is 12.8. The third-order valence-electron chi connectivity index (χ3n) is 1.33. The molecule has 0 amide bonds. The Balaban J connectivity index is 3.01. The average molecular weight is 204 g/mol. The second-order valence-electron chi connectivity index (χ2n) is 2.20. The maximum Gasteiger partial charge on any atom is 0.341 e. The van der Waals surface area contributed by atoms with Gasteiger partial charge in [0.25, 0.3) is 0 Å². The smallest absolute Gasteiger partial charge is 0.341 e. The van der Waals surface area contributed by atoms with E-state index in [9.17, 15) is 9.18 Å². The Kier molecular flexibility index (Phi) is 3.19. The molecule has 1 rings (SSSR count). The standard InChI is InChI=1S/C8H7ClFNO2/c1-2-13-8(12)5-3-11-4-6(10)7(5)9/h3-4H,2H2,1H3. The van der Waals surface area contributed by atoms with Crippen LogP contribution in [0.5, 0.6) is 0 Å². The van der Waals surface area contributed by atoms with Crippen molar-refractivity contribution in [1.29, 1.82) is 0 Å². The first-order chi connectivity index (χ1) is 6.16. The predicted octanol–water partition coefficient (Wildman–Crippen LogP) is 2.05. The molecule has 1 aromatic heterocycles. The molecule has 0 unspecified atom stereocenters. The Morgan fingerprint density at radius 3 is 3.00 bits per heavy atom. The molecule has 5 heteroatoms. The summed E-state index contributed by atoms with van der Waals surface area (Å²) in [5.74, 6) is -1.40. The second-order valence-corrected chi connectivity index (χ2v) is 2.58. The van der Waals surface area contributed by atoms with Crippen molar-refractivity contribution in [2.75, 3.05) is 6.61 Å². The summed E-state index contributed by atoms with van der Waals surface area (Å²) in [4.78, 5) is 14.6. The maximum atomic E-state index is 12.8. The van der Waals surface area contributed by atoms with E-state index in [-0.39, 0.29) is 17.2 Å². The monoisotopic (exact) mass is 203 g/mol. The Morgan fingerprint density at radius 1 is 1.69 bits per heavy atom. The average Bonchev–Trinajstić information content (AvgIpc) is 2.10. The van der Waals surface area contributed by atoms with Crippen molar-refractivity contribution in [3.8, 4) is 0 Å². The molecule has 0 N–H and O–H groups in total. The summed E-state index contributed by atoms with van der Waals surface area (Å²) >= 11 is 5.51. The lowest BCUT2D eigenvalue weighted by atomic mass is 10.3. The van der Waals surface area contributed by atoms with E-state index in [0.717, 1.165) is 6.20 Å². The van der Waals surface area contributed by atoms with Crippen LogP contribution >= 0.6 is 11.6 Å². The lowest BCUT2D eigenvalue weighted by Crippen LogP contribution is -2.06. The van der Waals surface area contributed by atoms with Crippen LogP contribution in [-0.4, -0.2) is 17.6 Å². The van der Waals surface area contributed by atoms with Crippen molar-refractivity contribution in [2.24, 2.45) is 0 Å². The highest BCUT2D eigenvalue weighted by Crippen LogP contribution is 2.18. The van der Waals surface area contributed by atoms with Crippen molar-refractivity contribution < 1.29 is 13.9 Å². The van der Waals surface area contributed by atoms with Gasteiger partial charge in [0.2, 0.25) is 0 Å². The zero-order valence-electron chi connectivity index (χ0n) is 6.88. The third kappa shape index (κ3) is 2.15. The molecule has 0 saturated carbocycles. The molecule has 0 aromatic carbocycles. The van der Waals surface area contributed by atoms with Crippen LogP contribution in [-0.2, 0) is 4.74 Å². The van der Waals surface area contributed by atoms with Gasteiger partial charge in [0, 0.05) is 6.20 Å². The fraction of sp³-hybridized carbons (Fsp3) is 0.250. The molecule has 0 spiro atoms. The molecule has 13 heavy (non-hydrogen) atoms. The summed E-state index contributed by atoms with van der Waals surface area (Å²) in [6.45, 7) is 1.87. The molecule has 0 atom stereocenters. The Morgan fingerprint density at radius 2 is 2.38 bits per heavy atom. The number of halogens is 2. The van der Waals surface area contributed by atoms with Crippen molar-refractivity contribution in [1.82, 2.24) is 4.98 Å². The molecular formula is C8H7ClFNO2. The molecule has 0 aliphatic carbocycles. The third-order valence-corrected chi connectivity index (χ3v) is 1.72. The SMILES string of the molecule is CCOC(=O)c1cncc(F)c1Cl. The fourth-order valence-corrected chi connectivity index (χ4v) is 0.945. The highest BCUT2D eigenvalue weighted by Gasteiger charge is 2.14. The fourth-order valence-electron chi connectivity index (χ4n) is 0.770. The van der Waals surface area contributed by atoms with E-state index in [4.69, 9.17) is 11.6 Å². The molecular weight excluding hydrogens is 197 g/mol. The number of hydrogen-bond donors (Lipinski definition) is 0. The van der Waals surface area contributed by atoms with Crippen molar-refractivity contribution in [3.05, 3.63) is 28.8 Å². The number of ether oxygens (including phenoxy) is 1. The molecule has 70 valence electrons. The molecule has 0 aliphatic rings. The van der Waals surface area contributed by atoms with Crippen LogP contribution in [0.3, 0.4) is 0 Å². The zero-order valence-corrected chi connectivity index (χ0v) is 7.64. The number of pyridine rings is 1. The summed E-state index contributed by atoms with van der Waals surface area (Å²) < 4.78 is 17.4. The van der Waals surface area contributed by atoms with Crippen LogP contribution in [0.1, 0.15) is 17.3 Å². The minimum absolute atomic E-state index is 0.0523. The molecule has 0 bridgehead atoms. The minimum Gasteiger partial charge on any atom is -0.462 e. The van der Waals surface area contributed by atoms with Gasteiger partial charge in [-0.25, -0.2) is 9.18 Å². The lowest BCUT2D eigenvalue weighted by molar-refractivity contribution is 0.0525. The van der Waals surface area contributed by atoms with E-state index < -0.39 is 11.8 Å². The number of hydrogen-bond acceptors (Lipinski definition) is 3. The number of carbonyl (C=O) groups is 1. The van der Waals surface area contributed by atoms with Gasteiger partial charge in [0.15, 0.2) is 5.82 Å². The topological polar surface area (TPSA) is 39.2 Å². The van der Waals surface area contributed by atoms with Gasteiger partial charge >= 0.3 is 5.97 Å². The molecule has 3 nitrogen and oxygen atoms in total. The van der Waals surface area contributed by atoms with Crippen LogP contribution in [0.4, 0.5) is 4.39 Å². The first-order valence-electron chi connectivity index (χ1n) is 3.63. The number of nitrogens with zero attached hydrogens (tertiary/aromatic N) is 1. The van der Waals surface area contributed by atoms with Gasteiger partial charge in [-0.2, -0.15) is 0 Å². The molecule has 0 saturated heterocycles. The van der Waals surface area contributed by atoms with Crippen LogP contribution < -0.4 is 0 Å². The van der Waals surface area contributed by atoms with Gasteiger partial charge in [-0.1, -0.05) is 11.6 Å². The first-order valence-corrected chi connectivity index (χ1v) is 4.00. The van der Waals surface area contributed by atoms with Crippen molar-refractivity contribution >= 4 is 17.6 Å². The van der Waals surface area contributed by atoms with Crippen LogP contribution in [0, 0.1) is 5.82 Å². The Labute approximate surface area is 79.5 Å². The number of aromatic nitrogens is 1. The van der Waals surface area contributed by atoms with Gasteiger partial charge < -0.3 is 4.74 Å². The predicted molar refractivity (Wildman–Crippen MR) is 45.2 cm³/mol. The molecule has 0 aliphatic heterocycles. The molecule has 0 fully saturated rings. The van der Waals surface area contributed by atoms with E-state index in [2.05, 4.69) is 9.72 Å². The van der Waals surface area contributed by atoms with E-state index >= 15 is 0 Å². The zero-order chi connectivity index (χ0) is 9.84.